The minimum absolute atomic E-state index is 0.0547. The number of benzene rings is 7. The van der Waals surface area contributed by atoms with Crippen LogP contribution in [0.15, 0.2) is 261 Å². The Morgan fingerprint density at radius 3 is 1.85 bits per heavy atom. The lowest BCUT2D eigenvalue weighted by Gasteiger charge is -2.43. The van der Waals surface area contributed by atoms with Crippen molar-refractivity contribution in [2.45, 2.75) is 24.7 Å². The molecule has 2 aromatic heterocycles. The number of carbonyl (C=O) groups excluding carboxylic acids is 1. The van der Waals surface area contributed by atoms with E-state index in [0.717, 1.165) is 88.8 Å². The Labute approximate surface area is 398 Å². The summed E-state index contributed by atoms with van der Waals surface area (Å²) in [6.07, 6.45) is 12.2. The number of rotatable bonds is 10. The van der Waals surface area contributed by atoms with Crippen LogP contribution in [0, 0.1) is 6.92 Å². The van der Waals surface area contributed by atoms with Gasteiger partial charge in [-0.25, -0.2) is 0 Å². The molecular formula is C65H50N2O. The monoisotopic (exact) mass is 874 g/mol. The molecule has 0 N–H and O–H groups in total. The molecule has 0 fully saturated rings. The van der Waals surface area contributed by atoms with Crippen molar-refractivity contribution in [2.24, 2.45) is 0 Å². The summed E-state index contributed by atoms with van der Waals surface area (Å²) in [6, 6.07) is 68.4. The van der Waals surface area contributed by atoms with Gasteiger partial charge in [-0.15, -0.1) is 0 Å². The maximum absolute atomic E-state index is 15.2. The van der Waals surface area contributed by atoms with Crippen LogP contribution in [-0.2, 0) is 10.8 Å². The lowest BCUT2D eigenvalue weighted by molar-refractivity contribution is 0.103. The lowest BCUT2D eigenvalue weighted by Crippen LogP contribution is -2.36. The van der Waals surface area contributed by atoms with Crippen molar-refractivity contribution in [2.75, 3.05) is 0 Å². The number of nitrogens with zero attached hydrogens (tertiary/aromatic N) is 2. The first-order valence-electron chi connectivity index (χ1n) is 23.3. The van der Waals surface area contributed by atoms with E-state index in [1.54, 1.807) is 0 Å². The number of aromatic nitrogens is 2. The van der Waals surface area contributed by atoms with Gasteiger partial charge >= 0.3 is 0 Å². The first-order valence-corrected chi connectivity index (χ1v) is 23.3. The zero-order valence-electron chi connectivity index (χ0n) is 38.4. The van der Waals surface area contributed by atoms with Crippen molar-refractivity contribution in [3.05, 3.63) is 312 Å². The minimum Gasteiger partial charge on any atom is -0.313 e. The van der Waals surface area contributed by atoms with Crippen LogP contribution in [0.2, 0.25) is 0 Å². The van der Waals surface area contributed by atoms with Gasteiger partial charge in [0.25, 0.3) is 0 Å². The van der Waals surface area contributed by atoms with E-state index in [4.69, 9.17) is 0 Å². The molecule has 68 heavy (non-hydrogen) atoms. The molecule has 1 atom stereocenters. The topological polar surface area (TPSA) is 26.9 Å². The van der Waals surface area contributed by atoms with E-state index in [1.807, 2.05) is 36.4 Å². The van der Waals surface area contributed by atoms with Crippen molar-refractivity contribution >= 4 is 44.2 Å². The highest BCUT2D eigenvalue weighted by molar-refractivity contribution is 6.17. The smallest absolute Gasteiger partial charge is 0.193 e. The first-order chi connectivity index (χ1) is 33.4. The number of carbonyl (C=O) groups is 1. The van der Waals surface area contributed by atoms with Crippen LogP contribution in [-0.4, -0.2) is 14.9 Å². The van der Waals surface area contributed by atoms with Crippen LogP contribution < -0.4 is 0 Å². The Balaban J connectivity index is 1.14. The summed E-state index contributed by atoms with van der Waals surface area (Å²) in [4.78, 5) is 15.2. The Morgan fingerprint density at radius 2 is 1.18 bits per heavy atom. The molecule has 3 heteroatoms. The van der Waals surface area contributed by atoms with Gasteiger partial charge in [0.05, 0.1) is 38.8 Å². The molecule has 0 aliphatic carbocycles. The van der Waals surface area contributed by atoms with Crippen molar-refractivity contribution in [3.8, 4) is 5.69 Å². The molecule has 0 saturated heterocycles. The summed E-state index contributed by atoms with van der Waals surface area (Å²) in [7, 11) is 0. The molecule has 1 unspecified atom stereocenters. The quantitative estimate of drug-likeness (QED) is 0.0993. The molecule has 0 spiro atoms. The van der Waals surface area contributed by atoms with Gasteiger partial charge in [0.1, 0.15) is 0 Å². The summed E-state index contributed by atoms with van der Waals surface area (Å²) in [6.45, 7) is 17.2. The van der Waals surface area contributed by atoms with Crippen LogP contribution in [0.4, 0.5) is 0 Å². The molecule has 7 aromatic carbocycles. The Bertz CT molecular complexity index is 3670. The second-order valence-electron chi connectivity index (χ2n) is 17.6. The van der Waals surface area contributed by atoms with Gasteiger partial charge in [0, 0.05) is 27.6 Å². The SMILES string of the molecule is C=C/C=C(\C=C)C1(c2ccccc2)c2ccccc2-n2c(C)ccc(C(=O)c3ccc4c(c3)c3cccc5c3n4C(/C=C\C)=C(C=C)C5(c3ccccc3)c3ccccc3)ccc3cccc1c32. The number of hydrogen-bond donors (Lipinski definition) is 0. The van der Waals surface area contributed by atoms with E-state index in [9.17, 15) is 0 Å². The molecule has 3 nitrogen and oxygen atoms in total. The minimum atomic E-state index is -0.698. The van der Waals surface area contributed by atoms with E-state index < -0.39 is 10.8 Å². The van der Waals surface area contributed by atoms with Crippen LogP contribution in [0.3, 0.4) is 0 Å². The predicted octanol–water partition coefficient (Wildman–Crippen LogP) is 15.7. The molecule has 0 bridgehead atoms. The molecule has 0 saturated carbocycles. The lowest BCUT2D eigenvalue weighted by atomic mass is 9.62. The average molecular weight is 875 g/mol. The van der Waals surface area contributed by atoms with Crippen molar-refractivity contribution in [1.82, 2.24) is 9.13 Å². The number of allylic oxidation sites excluding steroid dienone is 9. The Hall–Kier alpha value is -8.53. The molecule has 326 valence electrons. The van der Waals surface area contributed by atoms with Crippen molar-refractivity contribution in [1.29, 1.82) is 0 Å². The van der Waals surface area contributed by atoms with Crippen LogP contribution >= 0.6 is 0 Å². The Kier molecular flexibility index (Phi) is 10.4. The molecule has 0 amide bonds. The highest BCUT2D eigenvalue weighted by Crippen LogP contribution is 2.55. The fourth-order valence-corrected chi connectivity index (χ4v) is 11.6. The van der Waals surface area contributed by atoms with Gasteiger partial charge in [-0.2, -0.15) is 0 Å². The third-order valence-corrected chi connectivity index (χ3v) is 14.3. The van der Waals surface area contributed by atoms with Crippen LogP contribution in [0.5, 0.6) is 0 Å². The molecular weight excluding hydrogens is 825 g/mol. The highest BCUT2D eigenvalue weighted by atomic mass is 16.1. The number of fused-ring (bicyclic) bond motifs is 5. The summed E-state index contributed by atoms with van der Waals surface area (Å²) in [5.74, 6) is -0.0547. The number of ketones is 1. The highest BCUT2D eigenvalue weighted by Gasteiger charge is 2.46. The van der Waals surface area contributed by atoms with E-state index in [2.05, 4.69) is 237 Å². The van der Waals surface area contributed by atoms with Crippen molar-refractivity contribution < 1.29 is 4.79 Å². The predicted molar refractivity (Wildman–Crippen MR) is 284 cm³/mol. The van der Waals surface area contributed by atoms with Crippen LogP contribution in [0.1, 0.15) is 61.9 Å². The van der Waals surface area contributed by atoms with Gasteiger partial charge in [0.2, 0.25) is 0 Å². The van der Waals surface area contributed by atoms with Gasteiger partial charge in [0.15, 0.2) is 5.78 Å². The van der Waals surface area contributed by atoms with Gasteiger partial charge in [-0.3, -0.25) is 4.79 Å². The van der Waals surface area contributed by atoms with Crippen LogP contribution in [0.25, 0.3) is 44.1 Å². The molecule has 11 rings (SSSR count). The maximum atomic E-state index is 15.2. The summed E-state index contributed by atoms with van der Waals surface area (Å²) in [5, 5.41) is 3.10. The normalized spacial score (nSPS) is 15.9. The molecule has 4 heterocycles. The average Bonchev–Trinajstić information content (AvgIpc) is 3.75. The van der Waals surface area contributed by atoms with E-state index in [-0.39, 0.29) is 5.78 Å². The molecule has 2 aliphatic rings. The number of hydrogen-bond acceptors (Lipinski definition) is 1. The Morgan fingerprint density at radius 1 is 0.559 bits per heavy atom. The fraction of sp³-hybridized carbons (Fsp3) is 0.0615. The summed E-state index contributed by atoms with van der Waals surface area (Å²) in [5.41, 5.74) is 15.2. The molecule has 9 aromatic rings. The van der Waals surface area contributed by atoms with E-state index >= 15 is 4.79 Å². The molecule has 2 aliphatic heterocycles. The number of para-hydroxylation sites is 3. The third-order valence-electron chi connectivity index (χ3n) is 14.3. The standard InChI is InChI=1S/C65H50N2O/c1-6-23-48(8-3)64(49-26-13-10-14-27-49)55-33-19-20-36-60(55)66-44(5)37-38-46(40-39-45-25-21-34-56(64)61(45)66)63(68)47-41-42-58-53(43-47)52-32-22-35-57-62(52)67(58)59(24-7-2)54(9-4)65(57,50-28-15-11-16-29-50)51-30-17-12-18-31-51/h6-43H,1,3-4H2,2,5H3/b24-7-,40-39?,44-37?,46-38?,48-23+. The fourth-order valence-electron chi connectivity index (χ4n) is 11.6. The zero-order valence-corrected chi connectivity index (χ0v) is 38.4. The van der Waals surface area contributed by atoms with E-state index in [0.29, 0.717) is 11.1 Å². The second-order valence-corrected chi connectivity index (χ2v) is 17.6. The van der Waals surface area contributed by atoms with Gasteiger partial charge < -0.3 is 9.13 Å². The molecule has 0 radical (unpaired) electrons. The van der Waals surface area contributed by atoms with Gasteiger partial charge in [-0.05, 0) is 106 Å². The summed E-state index contributed by atoms with van der Waals surface area (Å²) < 4.78 is 4.73. The second kappa shape index (κ2) is 16.7. The van der Waals surface area contributed by atoms with E-state index in [1.165, 1.54) is 5.56 Å². The summed E-state index contributed by atoms with van der Waals surface area (Å²) >= 11 is 0. The van der Waals surface area contributed by atoms with Crippen molar-refractivity contribution in [3.63, 3.8) is 0 Å². The first kappa shape index (κ1) is 42.1. The third kappa shape index (κ3) is 5.95. The van der Waals surface area contributed by atoms with Gasteiger partial charge in [-0.1, -0.05) is 208 Å². The zero-order chi connectivity index (χ0) is 46.6. The maximum Gasteiger partial charge on any atom is 0.193 e. The number of aryl methyl sites for hydroxylation is 1. The largest absolute Gasteiger partial charge is 0.313 e.